The van der Waals surface area contributed by atoms with Gasteiger partial charge in [0.05, 0.1) is 13.7 Å². The van der Waals surface area contributed by atoms with Crippen LogP contribution in [0.2, 0.25) is 0 Å². The molecule has 0 amide bonds. The maximum atomic E-state index is 11.0. The third kappa shape index (κ3) is 4.00. The Balaban J connectivity index is 2.56. The highest BCUT2D eigenvalue weighted by atomic mass is 16.5. The minimum absolute atomic E-state index is 0.0285. The Morgan fingerprint density at radius 2 is 2.00 bits per heavy atom. The first kappa shape index (κ1) is 14.5. The summed E-state index contributed by atoms with van der Waals surface area (Å²) < 4.78 is 10.7. The third-order valence-corrected chi connectivity index (χ3v) is 3.01. The van der Waals surface area contributed by atoms with E-state index in [1.807, 2.05) is 38.1 Å². The highest BCUT2D eigenvalue weighted by molar-refractivity contribution is 5.57. The van der Waals surface area contributed by atoms with E-state index in [-0.39, 0.29) is 5.92 Å². The number of ether oxygens (including phenoxy) is 2. The van der Waals surface area contributed by atoms with Crippen molar-refractivity contribution in [2.24, 2.45) is 5.92 Å². The minimum atomic E-state index is -0.440. The van der Waals surface area contributed by atoms with E-state index >= 15 is 0 Å². The summed E-state index contributed by atoms with van der Waals surface area (Å²) in [7, 11) is 1.63. The summed E-state index contributed by atoms with van der Waals surface area (Å²) in [5, 5.41) is 0. The van der Waals surface area contributed by atoms with Crippen molar-refractivity contribution in [3.8, 4) is 5.75 Å². The lowest BCUT2D eigenvalue weighted by Gasteiger charge is -2.19. The maximum absolute atomic E-state index is 11.0. The molecule has 0 radical (unpaired) electrons. The van der Waals surface area contributed by atoms with E-state index in [1.165, 1.54) is 0 Å². The van der Waals surface area contributed by atoms with Crippen LogP contribution in [0.3, 0.4) is 0 Å². The van der Waals surface area contributed by atoms with Gasteiger partial charge in [-0.15, -0.1) is 0 Å². The number of rotatable bonds is 7. The topological polar surface area (TPSA) is 35.5 Å². The van der Waals surface area contributed by atoms with E-state index in [0.717, 1.165) is 23.2 Å². The zero-order valence-corrected chi connectivity index (χ0v) is 11.2. The molecule has 2 atom stereocenters. The molecular weight excluding hydrogens is 228 g/mol. The van der Waals surface area contributed by atoms with Crippen molar-refractivity contribution >= 4 is 6.29 Å². The fourth-order valence-corrected chi connectivity index (χ4v) is 1.50. The summed E-state index contributed by atoms with van der Waals surface area (Å²) >= 11 is 0. The van der Waals surface area contributed by atoms with Crippen LogP contribution in [0.15, 0.2) is 36.4 Å². The van der Waals surface area contributed by atoms with Crippen molar-refractivity contribution in [3.63, 3.8) is 0 Å². The third-order valence-electron chi connectivity index (χ3n) is 3.01. The Morgan fingerprint density at radius 1 is 1.39 bits per heavy atom. The van der Waals surface area contributed by atoms with E-state index in [9.17, 15) is 4.79 Å². The van der Waals surface area contributed by atoms with Gasteiger partial charge in [-0.25, -0.2) is 0 Å². The fraction of sp³-hybridized carbons (Fsp3) is 0.400. The van der Waals surface area contributed by atoms with Crippen molar-refractivity contribution < 1.29 is 14.3 Å². The molecule has 0 heterocycles. The molecule has 3 nitrogen and oxygen atoms in total. The molecule has 0 unspecified atom stereocenters. The molecule has 0 aliphatic rings. The summed E-state index contributed by atoms with van der Waals surface area (Å²) in [5.74, 6) is 0.835. The Morgan fingerprint density at radius 3 is 2.44 bits per heavy atom. The average molecular weight is 248 g/mol. The molecule has 1 rings (SSSR count). The van der Waals surface area contributed by atoms with Gasteiger partial charge in [0.15, 0.2) is 0 Å². The van der Waals surface area contributed by atoms with Gasteiger partial charge in [0, 0.05) is 5.92 Å². The predicted octanol–water partition coefficient (Wildman–Crippen LogP) is 2.99. The highest BCUT2D eigenvalue weighted by Gasteiger charge is 2.17. The lowest BCUT2D eigenvalue weighted by molar-refractivity contribution is -0.121. The molecule has 0 saturated carbocycles. The SMILES string of the molecule is C=C(C)[C@@H](C)[C@H](C=O)OCc1ccc(OC)cc1. The average Bonchev–Trinajstić information content (AvgIpc) is 2.39. The van der Waals surface area contributed by atoms with Crippen molar-refractivity contribution in [3.05, 3.63) is 42.0 Å². The van der Waals surface area contributed by atoms with Crippen molar-refractivity contribution in [1.82, 2.24) is 0 Å². The monoisotopic (exact) mass is 248 g/mol. The molecule has 0 bridgehead atoms. The number of carbonyl (C=O) groups excluding carboxylic acids is 1. The number of benzene rings is 1. The van der Waals surface area contributed by atoms with Gasteiger partial charge in [-0.3, -0.25) is 0 Å². The number of hydrogen-bond acceptors (Lipinski definition) is 3. The molecule has 1 aromatic rings. The summed E-state index contributed by atoms with van der Waals surface area (Å²) in [6.45, 7) is 8.09. The summed E-state index contributed by atoms with van der Waals surface area (Å²) in [4.78, 5) is 11.0. The first-order valence-electron chi connectivity index (χ1n) is 5.93. The molecular formula is C15H20O3. The number of methoxy groups -OCH3 is 1. The van der Waals surface area contributed by atoms with E-state index < -0.39 is 6.10 Å². The van der Waals surface area contributed by atoms with Crippen LogP contribution in [0, 0.1) is 5.92 Å². The molecule has 98 valence electrons. The summed E-state index contributed by atoms with van der Waals surface area (Å²) in [6.07, 6.45) is 0.396. The van der Waals surface area contributed by atoms with Gasteiger partial charge in [-0.2, -0.15) is 0 Å². The van der Waals surface area contributed by atoms with E-state index in [4.69, 9.17) is 9.47 Å². The smallest absolute Gasteiger partial charge is 0.149 e. The van der Waals surface area contributed by atoms with Crippen LogP contribution in [-0.2, 0) is 16.1 Å². The van der Waals surface area contributed by atoms with Crippen molar-refractivity contribution in [1.29, 1.82) is 0 Å². The molecule has 0 spiro atoms. The van der Waals surface area contributed by atoms with Crippen LogP contribution in [0.25, 0.3) is 0 Å². The largest absolute Gasteiger partial charge is 0.497 e. The molecule has 1 aromatic carbocycles. The normalized spacial score (nSPS) is 13.7. The van der Waals surface area contributed by atoms with Crippen LogP contribution in [0.4, 0.5) is 0 Å². The van der Waals surface area contributed by atoms with Gasteiger partial charge in [-0.05, 0) is 24.6 Å². The Kier molecular flexibility index (Phi) is 5.59. The quantitative estimate of drug-likeness (QED) is 0.549. The molecule has 0 aliphatic carbocycles. The van der Waals surface area contributed by atoms with Crippen molar-refractivity contribution in [2.75, 3.05) is 7.11 Å². The Hall–Kier alpha value is -1.61. The minimum Gasteiger partial charge on any atom is -0.497 e. The van der Waals surface area contributed by atoms with E-state index in [0.29, 0.717) is 6.61 Å². The maximum Gasteiger partial charge on any atom is 0.149 e. The first-order valence-corrected chi connectivity index (χ1v) is 5.93. The van der Waals surface area contributed by atoms with Crippen molar-refractivity contribution in [2.45, 2.75) is 26.6 Å². The number of aldehydes is 1. The van der Waals surface area contributed by atoms with Gasteiger partial charge in [0.25, 0.3) is 0 Å². The standard InChI is InChI=1S/C15H20O3/c1-11(2)12(3)15(9-16)18-10-13-5-7-14(17-4)8-6-13/h5-9,12,15H,1,10H2,2-4H3/t12-,15+/m1/s1. The lowest BCUT2D eigenvalue weighted by atomic mass is 9.98. The molecule has 0 fully saturated rings. The van der Waals surface area contributed by atoms with Gasteiger partial charge in [-0.1, -0.05) is 31.2 Å². The van der Waals surface area contributed by atoms with Gasteiger partial charge >= 0.3 is 0 Å². The summed E-state index contributed by atoms with van der Waals surface area (Å²) in [6, 6.07) is 7.59. The van der Waals surface area contributed by atoms with Crippen LogP contribution in [0.1, 0.15) is 19.4 Å². The molecule has 0 aliphatic heterocycles. The van der Waals surface area contributed by atoms with Gasteiger partial charge < -0.3 is 14.3 Å². The van der Waals surface area contributed by atoms with E-state index in [1.54, 1.807) is 7.11 Å². The van der Waals surface area contributed by atoms with E-state index in [2.05, 4.69) is 6.58 Å². The van der Waals surface area contributed by atoms with Gasteiger partial charge in [0.1, 0.15) is 18.1 Å². The Labute approximate surface area is 108 Å². The van der Waals surface area contributed by atoms with Crippen LogP contribution in [0.5, 0.6) is 5.75 Å². The first-order chi connectivity index (χ1) is 8.58. The zero-order valence-electron chi connectivity index (χ0n) is 11.2. The molecule has 18 heavy (non-hydrogen) atoms. The second-order valence-electron chi connectivity index (χ2n) is 4.39. The Bertz CT molecular complexity index is 395. The second-order valence-corrected chi connectivity index (χ2v) is 4.39. The molecule has 0 saturated heterocycles. The number of hydrogen-bond donors (Lipinski definition) is 0. The fourth-order valence-electron chi connectivity index (χ4n) is 1.50. The van der Waals surface area contributed by atoms with Crippen LogP contribution in [-0.4, -0.2) is 19.5 Å². The summed E-state index contributed by atoms with van der Waals surface area (Å²) in [5.41, 5.74) is 1.96. The second kappa shape index (κ2) is 6.97. The molecule has 0 aromatic heterocycles. The lowest BCUT2D eigenvalue weighted by Crippen LogP contribution is -2.24. The van der Waals surface area contributed by atoms with Crippen LogP contribution < -0.4 is 4.74 Å². The van der Waals surface area contributed by atoms with Gasteiger partial charge in [0.2, 0.25) is 0 Å². The molecule has 0 N–H and O–H groups in total. The zero-order chi connectivity index (χ0) is 13.5. The predicted molar refractivity (Wildman–Crippen MR) is 71.6 cm³/mol. The van der Waals surface area contributed by atoms with Crippen LogP contribution >= 0.6 is 0 Å². The highest BCUT2D eigenvalue weighted by Crippen LogP contribution is 2.17. The number of carbonyl (C=O) groups is 1. The molecule has 3 heteroatoms.